The zero-order valence-electron chi connectivity index (χ0n) is 16.9. The topological polar surface area (TPSA) is 67.9 Å². The predicted octanol–water partition coefficient (Wildman–Crippen LogP) is 3.26. The summed E-state index contributed by atoms with van der Waals surface area (Å²) in [5.74, 6) is 1.05. The number of likely N-dealkylation sites (N-methyl/N-ethyl adjacent to an activating group) is 1. The minimum absolute atomic E-state index is 0.0589. The number of ether oxygens (including phenoxy) is 2. The molecule has 0 heterocycles. The minimum atomic E-state index is -0.293. The van der Waals surface area contributed by atoms with Crippen molar-refractivity contribution in [1.82, 2.24) is 10.2 Å². The lowest BCUT2D eigenvalue weighted by atomic mass is 10.2. The van der Waals surface area contributed by atoms with Crippen LogP contribution >= 0.6 is 0 Å². The highest BCUT2D eigenvalue weighted by Crippen LogP contribution is 2.14. The summed E-state index contributed by atoms with van der Waals surface area (Å²) in [6.45, 7) is 6.83. The SMILES string of the molecule is CCOc1ccc(CN(C)C(=O)CNC(=O)c2ccc(OC(C)C)cc2)cc1. The third-order valence-electron chi connectivity index (χ3n) is 3.97. The van der Waals surface area contributed by atoms with E-state index in [4.69, 9.17) is 9.47 Å². The highest BCUT2D eigenvalue weighted by Gasteiger charge is 2.12. The van der Waals surface area contributed by atoms with Gasteiger partial charge in [0, 0.05) is 19.2 Å². The molecule has 0 aromatic heterocycles. The number of carbonyl (C=O) groups is 2. The molecule has 2 aromatic rings. The van der Waals surface area contributed by atoms with Crippen molar-refractivity contribution in [2.75, 3.05) is 20.2 Å². The number of hydrogen-bond acceptors (Lipinski definition) is 4. The average Bonchev–Trinajstić information content (AvgIpc) is 2.67. The zero-order chi connectivity index (χ0) is 20.5. The van der Waals surface area contributed by atoms with Gasteiger partial charge in [-0.3, -0.25) is 9.59 Å². The molecular weight excluding hydrogens is 356 g/mol. The Labute approximate surface area is 166 Å². The van der Waals surface area contributed by atoms with Crippen molar-refractivity contribution in [2.45, 2.75) is 33.4 Å². The summed E-state index contributed by atoms with van der Waals surface area (Å²) < 4.78 is 11.0. The Balaban J connectivity index is 1.82. The fourth-order valence-corrected chi connectivity index (χ4v) is 2.57. The molecule has 0 saturated carbocycles. The summed E-state index contributed by atoms with van der Waals surface area (Å²) in [7, 11) is 1.71. The quantitative estimate of drug-likeness (QED) is 0.721. The number of amides is 2. The maximum absolute atomic E-state index is 12.3. The summed E-state index contributed by atoms with van der Waals surface area (Å²) in [4.78, 5) is 26.1. The largest absolute Gasteiger partial charge is 0.494 e. The van der Waals surface area contributed by atoms with Crippen LogP contribution in [0.25, 0.3) is 0 Å². The Bertz CT molecular complexity index is 770. The molecule has 6 heteroatoms. The van der Waals surface area contributed by atoms with Gasteiger partial charge >= 0.3 is 0 Å². The third-order valence-corrected chi connectivity index (χ3v) is 3.97. The summed E-state index contributed by atoms with van der Waals surface area (Å²) in [6, 6.07) is 14.5. The van der Waals surface area contributed by atoms with Gasteiger partial charge in [0.25, 0.3) is 5.91 Å². The lowest BCUT2D eigenvalue weighted by molar-refractivity contribution is -0.129. The maximum Gasteiger partial charge on any atom is 0.251 e. The van der Waals surface area contributed by atoms with Gasteiger partial charge in [-0.1, -0.05) is 12.1 Å². The van der Waals surface area contributed by atoms with Crippen molar-refractivity contribution in [3.63, 3.8) is 0 Å². The number of nitrogens with zero attached hydrogens (tertiary/aromatic N) is 1. The van der Waals surface area contributed by atoms with Gasteiger partial charge < -0.3 is 19.7 Å². The molecule has 1 N–H and O–H groups in total. The standard InChI is InChI=1S/C22H28N2O4/c1-5-27-19-10-6-17(7-11-19)15-24(4)21(25)14-23-22(26)18-8-12-20(13-9-18)28-16(2)3/h6-13,16H,5,14-15H2,1-4H3,(H,23,26). The predicted molar refractivity (Wildman–Crippen MR) is 109 cm³/mol. The Morgan fingerprint density at radius 1 is 1.00 bits per heavy atom. The molecule has 2 aromatic carbocycles. The molecule has 0 fully saturated rings. The summed E-state index contributed by atoms with van der Waals surface area (Å²) in [6.07, 6.45) is 0.0724. The first kappa shape index (κ1) is 21.3. The van der Waals surface area contributed by atoms with Crippen LogP contribution in [-0.2, 0) is 11.3 Å². The van der Waals surface area contributed by atoms with Gasteiger partial charge in [-0.15, -0.1) is 0 Å². The van der Waals surface area contributed by atoms with E-state index in [2.05, 4.69) is 5.32 Å². The van der Waals surface area contributed by atoms with Gasteiger partial charge in [-0.05, 0) is 62.7 Å². The molecule has 0 bridgehead atoms. The van der Waals surface area contributed by atoms with Crippen LogP contribution in [0.1, 0.15) is 36.7 Å². The Hall–Kier alpha value is -3.02. The van der Waals surface area contributed by atoms with Crippen molar-refractivity contribution in [2.24, 2.45) is 0 Å². The highest BCUT2D eigenvalue weighted by molar-refractivity contribution is 5.96. The van der Waals surface area contributed by atoms with Gasteiger partial charge in [0.1, 0.15) is 11.5 Å². The van der Waals surface area contributed by atoms with E-state index in [0.29, 0.717) is 24.5 Å². The van der Waals surface area contributed by atoms with Crippen LogP contribution in [0.15, 0.2) is 48.5 Å². The van der Waals surface area contributed by atoms with Crippen molar-refractivity contribution in [1.29, 1.82) is 0 Å². The molecule has 0 atom stereocenters. The average molecular weight is 384 g/mol. The van der Waals surface area contributed by atoms with Gasteiger partial charge in [0.15, 0.2) is 0 Å². The lowest BCUT2D eigenvalue weighted by Gasteiger charge is -2.18. The first-order valence-electron chi connectivity index (χ1n) is 9.39. The number of rotatable bonds is 9. The smallest absolute Gasteiger partial charge is 0.251 e. The fraction of sp³-hybridized carbons (Fsp3) is 0.364. The minimum Gasteiger partial charge on any atom is -0.494 e. The van der Waals surface area contributed by atoms with E-state index < -0.39 is 0 Å². The van der Waals surface area contributed by atoms with Crippen LogP contribution in [-0.4, -0.2) is 43.0 Å². The Morgan fingerprint density at radius 3 is 2.18 bits per heavy atom. The van der Waals surface area contributed by atoms with E-state index in [9.17, 15) is 9.59 Å². The maximum atomic E-state index is 12.3. The van der Waals surface area contributed by atoms with E-state index in [-0.39, 0.29) is 24.5 Å². The molecule has 6 nitrogen and oxygen atoms in total. The molecule has 2 amide bonds. The molecule has 0 radical (unpaired) electrons. The van der Waals surface area contributed by atoms with Crippen LogP contribution in [0.2, 0.25) is 0 Å². The molecule has 0 unspecified atom stereocenters. The second kappa shape index (κ2) is 10.3. The van der Waals surface area contributed by atoms with Crippen LogP contribution in [0.4, 0.5) is 0 Å². The van der Waals surface area contributed by atoms with Gasteiger partial charge in [0.2, 0.25) is 5.91 Å². The number of nitrogens with one attached hydrogen (secondary N) is 1. The second-order valence-corrected chi connectivity index (χ2v) is 6.70. The monoisotopic (exact) mass is 384 g/mol. The van der Waals surface area contributed by atoms with Crippen LogP contribution < -0.4 is 14.8 Å². The molecular formula is C22H28N2O4. The van der Waals surface area contributed by atoms with Crippen LogP contribution in [0.5, 0.6) is 11.5 Å². The van der Waals surface area contributed by atoms with E-state index in [0.717, 1.165) is 11.3 Å². The van der Waals surface area contributed by atoms with Crippen LogP contribution in [0.3, 0.4) is 0 Å². The summed E-state index contributed by atoms with van der Waals surface area (Å²) in [5, 5.41) is 2.66. The lowest BCUT2D eigenvalue weighted by Crippen LogP contribution is -2.37. The van der Waals surface area contributed by atoms with E-state index >= 15 is 0 Å². The number of carbonyl (C=O) groups excluding carboxylic acids is 2. The molecule has 0 aliphatic heterocycles. The first-order valence-corrected chi connectivity index (χ1v) is 9.39. The van der Waals surface area contributed by atoms with E-state index in [1.54, 1.807) is 36.2 Å². The molecule has 0 spiro atoms. The van der Waals surface area contributed by atoms with Crippen molar-refractivity contribution >= 4 is 11.8 Å². The van der Waals surface area contributed by atoms with Gasteiger partial charge in [-0.2, -0.15) is 0 Å². The zero-order valence-corrected chi connectivity index (χ0v) is 16.9. The highest BCUT2D eigenvalue weighted by atomic mass is 16.5. The molecule has 28 heavy (non-hydrogen) atoms. The van der Waals surface area contributed by atoms with Crippen molar-refractivity contribution < 1.29 is 19.1 Å². The summed E-state index contributed by atoms with van der Waals surface area (Å²) >= 11 is 0. The normalized spacial score (nSPS) is 10.5. The summed E-state index contributed by atoms with van der Waals surface area (Å²) in [5.41, 5.74) is 1.48. The fourth-order valence-electron chi connectivity index (χ4n) is 2.57. The Morgan fingerprint density at radius 2 is 1.61 bits per heavy atom. The van der Waals surface area contributed by atoms with Crippen molar-refractivity contribution in [3.8, 4) is 11.5 Å². The van der Waals surface area contributed by atoms with Crippen molar-refractivity contribution in [3.05, 3.63) is 59.7 Å². The molecule has 150 valence electrons. The molecule has 0 saturated heterocycles. The first-order chi connectivity index (χ1) is 13.4. The van der Waals surface area contributed by atoms with Gasteiger partial charge in [0.05, 0.1) is 19.3 Å². The second-order valence-electron chi connectivity index (χ2n) is 6.70. The van der Waals surface area contributed by atoms with Crippen LogP contribution in [0, 0.1) is 0 Å². The third kappa shape index (κ3) is 6.61. The molecule has 0 aliphatic rings. The van der Waals surface area contributed by atoms with Gasteiger partial charge in [-0.25, -0.2) is 0 Å². The van der Waals surface area contributed by atoms with E-state index in [1.165, 1.54) is 0 Å². The number of hydrogen-bond donors (Lipinski definition) is 1. The Kier molecular flexibility index (Phi) is 7.87. The molecule has 0 aliphatic carbocycles. The molecule has 2 rings (SSSR count). The van der Waals surface area contributed by atoms with E-state index in [1.807, 2.05) is 45.0 Å². The number of benzene rings is 2.